The summed E-state index contributed by atoms with van der Waals surface area (Å²) >= 11 is 0. The fourth-order valence-corrected chi connectivity index (χ4v) is 2.69. The second kappa shape index (κ2) is 4.80. The average Bonchev–Trinajstić information content (AvgIpc) is 3.17. The van der Waals surface area contributed by atoms with Crippen LogP contribution in [0.1, 0.15) is 40.8 Å². The van der Waals surface area contributed by atoms with Crippen molar-refractivity contribution in [2.75, 3.05) is 7.11 Å². The standard InChI is InChI=1S/C16H17NO3/c1-19-15(18)13-8-7-12(20-13)14(17)16(9-10-16)11-5-3-2-4-6-11/h2-8,14H,9-10,17H2,1H3. The number of carbonyl (C=O) groups excluding carboxylic acids is 1. The lowest BCUT2D eigenvalue weighted by molar-refractivity contribution is 0.0562. The van der Waals surface area contributed by atoms with Gasteiger partial charge in [0.05, 0.1) is 13.2 Å². The number of methoxy groups -OCH3 is 1. The third-order valence-electron chi connectivity index (χ3n) is 4.05. The maximum absolute atomic E-state index is 11.4. The van der Waals surface area contributed by atoms with Crippen LogP contribution in [0.3, 0.4) is 0 Å². The summed E-state index contributed by atoms with van der Waals surface area (Å²) in [7, 11) is 1.33. The van der Waals surface area contributed by atoms with Gasteiger partial charge in [-0.25, -0.2) is 4.79 Å². The second-order valence-electron chi connectivity index (χ2n) is 5.19. The molecule has 0 saturated heterocycles. The van der Waals surface area contributed by atoms with Crippen LogP contribution >= 0.6 is 0 Å². The molecule has 1 aromatic heterocycles. The van der Waals surface area contributed by atoms with Gasteiger partial charge >= 0.3 is 5.97 Å². The monoisotopic (exact) mass is 271 g/mol. The Kier molecular flexibility index (Phi) is 3.10. The van der Waals surface area contributed by atoms with Crippen molar-refractivity contribution in [3.05, 3.63) is 59.5 Å². The first-order valence-corrected chi connectivity index (χ1v) is 6.66. The van der Waals surface area contributed by atoms with Gasteiger partial charge in [-0.3, -0.25) is 0 Å². The van der Waals surface area contributed by atoms with Crippen LogP contribution < -0.4 is 5.73 Å². The van der Waals surface area contributed by atoms with Crippen molar-refractivity contribution >= 4 is 5.97 Å². The number of esters is 1. The predicted molar refractivity (Wildman–Crippen MR) is 74.3 cm³/mol. The van der Waals surface area contributed by atoms with Gasteiger partial charge in [-0.05, 0) is 30.5 Å². The van der Waals surface area contributed by atoms with Crippen molar-refractivity contribution < 1.29 is 13.9 Å². The highest BCUT2D eigenvalue weighted by Gasteiger charge is 2.50. The lowest BCUT2D eigenvalue weighted by Gasteiger charge is -2.22. The van der Waals surface area contributed by atoms with Gasteiger partial charge in [0.25, 0.3) is 0 Å². The lowest BCUT2D eigenvalue weighted by atomic mass is 9.87. The molecule has 0 radical (unpaired) electrons. The number of hydrogen-bond acceptors (Lipinski definition) is 4. The van der Waals surface area contributed by atoms with E-state index in [1.165, 1.54) is 12.7 Å². The van der Waals surface area contributed by atoms with Crippen molar-refractivity contribution in [2.45, 2.75) is 24.3 Å². The molecule has 1 aliphatic rings. The molecule has 104 valence electrons. The molecule has 3 rings (SSSR count). The Morgan fingerprint density at radius 2 is 1.95 bits per heavy atom. The number of carbonyl (C=O) groups is 1. The fraction of sp³-hybridized carbons (Fsp3) is 0.312. The number of benzene rings is 1. The van der Waals surface area contributed by atoms with E-state index in [1.807, 2.05) is 18.2 Å². The summed E-state index contributed by atoms with van der Waals surface area (Å²) < 4.78 is 10.2. The van der Waals surface area contributed by atoms with Crippen LogP contribution in [0.2, 0.25) is 0 Å². The highest BCUT2D eigenvalue weighted by atomic mass is 16.5. The van der Waals surface area contributed by atoms with Gasteiger partial charge in [0.15, 0.2) is 0 Å². The van der Waals surface area contributed by atoms with E-state index in [-0.39, 0.29) is 17.2 Å². The van der Waals surface area contributed by atoms with Gasteiger partial charge in [0, 0.05) is 5.41 Å². The Morgan fingerprint density at radius 1 is 1.25 bits per heavy atom. The summed E-state index contributed by atoms with van der Waals surface area (Å²) in [5.74, 6) is 0.349. The first kappa shape index (κ1) is 12.9. The maximum Gasteiger partial charge on any atom is 0.373 e. The molecule has 1 unspecified atom stereocenters. The van der Waals surface area contributed by atoms with E-state index in [0.29, 0.717) is 5.76 Å². The largest absolute Gasteiger partial charge is 0.463 e. The van der Waals surface area contributed by atoms with Gasteiger partial charge in [0.2, 0.25) is 5.76 Å². The summed E-state index contributed by atoms with van der Waals surface area (Å²) in [5.41, 5.74) is 7.54. The van der Waals surface area contributed by atoms with Crippen LogP contribution in [0, 0.1) is 0 Å². The van der Waals surface area contributed by atoms with Crippen molar-refractivity contribution in [3.63, 3.8) is 0 Å². The third-order valence-corrected chi connectivity index (χ3v) is 4.05. The van der Waals surface area contributed by atoms with Gasteiger partial charge in [-0.15, -0.1) is 0 Å². The molecular weight excluding hydrogens is 254 g/mol. The predicted octanol–water partition coefficient (Wildman–Crippen LogP) is 2.80. The molecule has 0 spiro atoms. The SMILES string of the molecule is COC(=O)c1ccc(C(N)C2(c3ccccc3)CC2)o1. The first-order chi connectivity index (χ1) is 9.67. The Balaban J connectivity index is 1.88. The van der Waals surface area contributed by atoms with Crippen LogP contribution in [-0.4, -0.2) is 13.1 Å². The van der Waals surface area contributed by atoms with E-state index in [2.05, 4.69) is 16.9 Å². The molecule has 2 N–H and O–H groups in total. The number of hydrogen-bond donors (Lipinski definition) is 1. The highest BCUT2D eigenvalue weighted by molar-refractivity contribution is 5.86. The van der Waals surface area contributed by atoms with E-state index in [9.17, 15) is 4.79 Å². The van der Waals surface area contributed by atoms with Gasteiger partial charge in [-0.1, -0.05) is 30.3 Å². The zero-order valence-corrected chi connectivity index (χ0v) is 11.3. The van der Waals surface area contributed by atoms with E-state index in [4.69, 9.17) is 10.2 Å². The Morgan fingerprint density at radius 3 is 2.55 bits per heavy atom. The summed E-state index contributed by atoms with van der Waals surface area (Å²) in [4.78, 5) is 11.4. The van der Waals surface area contributed by atoms with Crippen molar-refractivity contribution in [1.29, 1.82) is 0 Å². The number of ether oxygens (including phenoxy) is 1. The number of rotatable bonds is 4. The van der Waals surface area contributed by atoms with Crippen LogP contribution in [0.4, 0.5) is 0 Å². The van der Waals surface area contributed by atoms with Crippen molar-refractivity contribution in [3.8, 4) is 0 Å². The molecule has 20 heavy (non-hydrogen) atoms. The molecule has 1 aromatic carbocycles. The molecule has 4 heteroatoms. The van der Waals surface area contributed by atoms with Crippen molar-refractivity contribution in [1.82, 2.24) is 0 Å². The number of nitrogens with two attached hydrogens (primary N) is 1. The normalized spacial score (nSPS) is 17.5. The molecule has 1 saturated carbocycles. The molecule has 0 aliphatic heterocycles. The lowest BCUT2D eigenvalue weighted by Crippen LogP contribution is -2.25. The zero-order valence-electron chi connectivity index (χ0n) is 11.3. The van der Waals surface area contributed by atoms with Crippen LogP contribution in [-0.2, 0) is 10.2 Å². The zero-order chi connectivity index (χ0) is 14.2. The molecule has 2 aromatic rings. The van der Waals surface area contributed by atoms with Crippen molar-refractivity contribution in [2.24, 2.45) is 5.73 Å². The van der Waals surface area contributed by atoms with Crippen LogP contribution in [0.5, 0.6) is 0 Å². The Hall–Kier alpha value is -2.07. The summed E-state index contributed by atoms with van der Waals surface area (Å²) in [5, 5.41) is 0. The van der Waals surface area contributed by atoms with Gasteiger partial charge < -0.3 is 14.9 Å². The minimum atomic E-state index is -0.479. The number of furan rings is 1. The molecule has 1 fully saturated rings. The molecule has 1 heterocycles. The summed E-state index contributed by atoms with van der Waals surface area (Å²) in [6.07, 6.45) is 2.07. The Labute approximate surface area is 117 Å². The summed E-state index contributed by atoms with van der Waals surface area (Å²) in [6, 6.07) is 13.3. The Bertz CT molecular complexity index is 614. The van der Waals surface area contributed by atoms with Gasteiger partial charge in [-0.2, -0.15) is 0 Å². The molecule has 1 aliphatic carbocycles. The van der Waals surface area contributed by atoms with Crippen LogP contribution in [0.25, 0.3) is 0 Å². The van der Waals surface area contributed by atoms with E-state index < -0.39 is 5.97 Å². The third kappa shape index (κ3) is 2.02. The smallest absolute Gasteiger partial charge is 0.373 e. The quantitative estimate of drug-likeness (QED) is 0.868. The molecule has 4 nitrogen and oxygen atoms in total. The average molecular weight is 271 g/mol. The summed E-state index contributed by atoms with van der Waals surface area (Å²) in [6.45, 7) is 0. The van der Waals surface area contributed by atoms with E-state index in [1.54, 1.807) is 12.1 Å². The highest BCUT2D eigenvalue weighted by Crippen LogP contribution is 2.55. The second-order valence-corrected chi connectivity index (χ2v) is 5.19. The fourth-order valence-electron chi connectivity index (χ4n) is 2.69. The molecule has 0 amide bonds. The van der Waals surface area contributed by atoms with E-state index in [0.717, 1.165) is 12.8 Å². The maximum atomic E-state index is 11.4. The molecular formula is C16H17NO3. The van der Waals surface area contributed by atoms with E-state index >= 15 is 0 Å². The van der Waals surface area contributed by atoms with Gasteiger partial charge in [0.1, 0.15) is 5.76 Å². The minimum Gasteiger partial charge on any atom is -0.463 e. The molecule has 1 atom stereocenters. The topological polar surface area (TPSA) is 65.5 Å². The first-order valence-electron chi connectivity index (χ1n) is 6.66. The molecule has 0 bridgehead atoms. The van der Waals surface area contributed by atoms with Crippen LogP contribution in [0.15, 0.2) is 46.9 Å². The minimum absolute atomic E-state index is 0.0630.